The zero-order valence-electron chi connectivity index (χ0n) is 15.8. The van der Waals surface area contributed by atoms with Crippen LogP contribution in [0.4, 0.5) is 10.1 Å². The summed E-state index contributed by atoms with van der Waals surface area (Å²) >= 11 is 0. The van der Waals surface area contributed by atoms with Crippen LogP contribution in [0.15, 0.2) is 36.4 Å². The average Bonchev–Trinajstić information content (AvgIpc) is 3.04. The molecule has 1 saturated heterocycles. The van der Waals surface area contributed by atoms with E-state index < -0.39 is 11.9 Å². The predicted molar refractivity (Wildman–Crippen MR) is 103 cm³/mol. The fourth-order valence-electron chi connectivity index (χ4n) is 3.74. The molecule has 0 spiro atoms. The van der Waals surface area contributed by atoms with Crippen molar-refractivity contribution in [3.8, 4) is 5.75 Å². The number of nitrogens with zero attached hydrogens (tertiary/aromatic N) is 1. The zero-order valence-corrected chi connectivity index (χ0v) is 15.8. The second kappa shape index (κ2) is 7.54. The Morgan fingerprint density at radius 1 is 1.24 bits per heavy atom. The molecule has 0 unspecified atom stereocenters. The number of anilines is 1. The second-order valence-corrected chi connectivity index (χ2v) is 7.04. The minimum absolute atomic E-state index is 0.207. The van der Waals surface area contributed by atoms with Gasteiger partial charge in [0.15, 0.2) is 0 Å². The minimum Gasteiger partial charge on any atom is -0.497 e. The molecule has 7 nitrogen and oxygen atoms in total. The van der Waals surface area contributed by atoms with Gasteiger partial charge in [0, 0.05) is 48.0 Å². The topological polar surface area (TPSA) is 87.7 Å². The van der Waals surface area contributed by atoms with Crippen LogP contribution >= 0.6 is 0 Å². The van der Waals surface area contributed by atoms with Gasteiger partial charge in [-0.15, -0.1) is 0 Å². The number of rotatable bonds is 5. The highest BCUT2D eigenvalue weighted by Crippen LogP contribution is 2.32. The van der Waals surface area contributed by atoms with Crippen molar-refractivity contribution in [1.82, 2.24) is 10.2 Å². The number of halogens is 1. The van der Waals surface area contributed by atoms with Gasteiger partial charge in [-0.25, -0.2) is 4.39 Å². The minimum atomic E-state index is -0.667. The van der Waals surface area contributed by atoms with E-state index in [1.54, 1.807) is 24.3 Å². The first-order valence-corrected chi connectivity index (χ1v) is 9.30. The highest BCUT2D eigenvalue weighted by molar-refractivity contribution is 6.06. The van der Waals surface area contributed by atoms with Gasteiger partial charge < -0.3 is 15.0 Å². The van der Waals surface area contributed by atoms with Crippen molar-refractivity contribution in [3.05, 3.63) is 58.9 Å². The number of fused-ring (bicyclic) bond motifs is 1. The third-order valence-electron chi connectivity index (χ3n) is 5.31. The van der Waals surface area contributed by atoms with Crippen LogP contribution in [-0.4, -0.2) is 35.8 Å². The maximum absolute atomic E-state index is 14.2. The summed E-state index contributed by atoms with van der Waals surface area (Å²) in [5.41, 5.74) is 2.45. The monoisotopic (exact) mass is 397 g/mol. The molecule has 8 heteroatoms. The molecule has 0 saturated carbocycles. The van der Waals surface area contributed by atoms with Crippen LogP contribution in [0.2, 0.25) is 0 Å². The van der Waals surface area contributed by atoms with E-state index in [0.29, 0.717) is 29.0 Å². The quantitative estimate of drug-likeness (QED) is 0.756. The fourth-order valence-corrected chi connectivity index (χ4v) is 3.74. The van der Waals surface area contributed by atoms with E-state index in [4.69, 9.17) is 4.74 Å². The molecule has 2 aromatic rings. The van der Waals surface area contributed by atoms with Crippen molar-refractivity contribution in [1.29, 1.82) is 0 Å². The van der Waals surface area contributed by atoms with Crippen molar-refractivity contribution in [2.45, 2.75) is 32.0 Å². The van der Waals surface area contributed by atoms with E-state index in [1.165, 1.54) is 18.1 Å². The molecular formula is C21H20FN3O4. The smallest absolute Gasteiger partial charge is 0.255 e. The molecule has 2 N–H and O–H groups in total. The van der Waals surface area contributed by atoms with Gasteiger partial charge in [0.25, 0.3) is 5.91 Å². The molecule has 2 aromatic carbocycles. The Labute approximate surface area is 166 Å². The summed E-state index contributed by atoms with van der Waals surface area (Å²) in [6, 6.07) is 9.26. The van der Waals surface area contributed by atoms with Crippen LogP contribution in [0, 0.1) is 5.82 Å². The first kappa shape index (κ1) is 18.9. The molecule has 0 bridgehead atoms. The number of amides is 3. The maximum atomic E-state index is 14.2. The summed E-state index contributed by atoms with van der Waals surface area (Å²) in [6.07, 6.45) is 0.516. The van der Waals surface area contributed by atoms with Crippen molar-refractivity contribution in [2.24, 2.45) is 0 Å². The van der Waals surface area contributed by atoms with Crippen LogP contribution in [0.1, 0.15) is 34.3 Å². The number of carbonyl (C=O) groups is 3. The van der Waals surface area contributed by atoms with E-state index >= 15 is 0 Å². The number of hydrogen-bond donors (Lipinski definition) is 2. The zero-order chi connectivity index (χ0) is 20.5. The van der Waals surface area contributed by atoms with Gasteiger partial charge in [0.05, 0.1) is 7.11 Å². The molecule has 0 aliphatic carbocycles. The number of carbonyl (C=O) groups excluding carboxylic acids is 3. The normalized spacial score (nSPS) is 18.5. The fraction of sp³-hybridized carbons (Fsp3) is 0.286. The Bertz CT molecular complexity index is 1010. The van der Waals surface area contributed by atoms with Crippen molar-refractivity contribution in [2.75, 3.05) is 12.4 Å². The van der Waals surface area contributed by atoms with Gasteiger partial charge in [-0.1, -0.05) is 12.1 Å². The largest absolute Gasteiger partial charge is 0.497 e. The Morgan fingerprint density at radius 2 is 2.07 bits per heavy atom. The Kier molecular flexibility index (Phi) is 4.92. The summed E-state index contributed by atoms with van der Waals surface area (Å²) in [5.74, 6) is -0.951. The summed E-state index contributed by atoms with van der Waals surface area (Å²) in [6.45, 7) is 0.494. The molecule has 150 valence electrons. The standard InChI is InChI=1S/C21H20FN3O4/c1-29-13-6-5-12(16(22)9-13)10-23-17-4-2-3-14-15(17)11-25(21(14)28)18-7-8-19(26)24-20(18)27/h2-6,9,18,23H,7-8,10-11H2,1H3,(H,24,26,27)/t18-/m0/s1. The molecule has 3 amide bonds. The molecule has 2 aliphatic rings. The molecule has 4 rings (SSSR count). The lowest BCUT2D eigenvalue weighted by Gasteiger charge is -2.29. The lowest BCUT2D eigenvalue weighted by atomic mass is 10.0. The Morgan fingerprint density at radius 3 is 2.79 bits per heavy atom. The molecule has 2 aliphatic heterocycles. The van der Waals surface area contributed by atoms with Gasteiger partial charge >= 0.3 is 0 Å². The highest BCUT2D eigenvalue weighted by atomic mass is 19.1. The molecular weight excluding hydrogens is 377 g/mol. The van der Waals surface area contributed by atoms with Crippen LogP contribution in [0.5, 0.6) is 5.75 Å². The van der Waals surface area contributed by atoms with Crippen molar-refractivity contribution >= 4 is 23.4 Å². The molecule has 1 fully saturated rings. The van der Waals surface area contributed by atoms with E-state index in [0.717, 1.165) is 5.56 Å². The number of hydrogen-bond acceptors (Lipinski definition) is 5. The molecule has 0 radical (unpaired) electrons. The number of piperidine rings is 1. The third-order valence-corrected chi connectivity index (χ3v) is 5.31. The predicted octanol–water partition coefficient (Wildman–Crippen LogP) is 2.21. The van der Waals surface area contributed by atoms with Crippen molar-refractivity contribution < 1.29 is 23.5 Å². The van der Waals surface area contributed by atoms with E-state index in [9.17, 15) is 18.8 Å². The van der Waals surface area contributed by atoms with Gasteiger partial charge in [-0.3, -0.25) is 19.7 Å². The lowest BCUT2D eigenvalue weighted by molar-refractivity contribution is -0.136. The summed E-state index contributed by atoms with van der Waals surface area (Å²) in [7, 11) is 1.48. The first-order chi connectivity index (χ1) is 14.0. The van der Waals surface area contributed by atoms with Gasteiger partial charge in [-0.2, -0.15) is 0 Å². The maximum Gasteiger partial charge on any atom is 0.255 e. The number of imide groups is 1. The molecule has 29 heavy (non-hydrogen) atoms. The Hall–Kier alpha value is -3.42. The van der Waals surface area contributed by atoms with Gasteiger partial charge in [-0.05, 0) is 24.6 Å². The first-order valence-electron chi connectivity index (χ1n) is 9.30. The highest BCUT2D eigenvalue weighted by Gasteiger charge is 2.39. The van der Waals surface area contributed by atoms with Crippen LogP contribution < -0.4 is 15.4 Å². The number of methoxy groups -OCH3 is 1. The van der Waals surface area contributed by atoms with E-state index in [2.05, 4.69) is 10.6 Å². The van der Waals surface area contributed by atoms with E-state index in [1.807, 2.05) is 6.07 Å². The summed E-state index contributed by atoms with van der Waals surface area (Å²) in [4.78, 5) is 37.9. The lowest BCUT2D eigenvalue weighted by Crippen LogP contribution is -2.52. The van der Waals surface area contributed by atoms with Gasteiger partial charge in [0.1, 0.15) is 17.6 Å². The average molecular weight is 397 g/mol. The van der Waals surface area contributed by atoms with Crippen LogP contribution in [0.3, 0.4) is 0 Å². The molecule has 0 aromatic heterocycles. The SMILES string of the molecule is COc1ccc(CNc2cccc3c2CN([C@H]2CCC(=O)NC2=O)C3=O)c(F)c1. The number of ether oxygens (including phenoxy) is 1. The Balaban J connectivity index is 1.53. The third kappa shape index (κ3) is 3.53. The van der Waals surface area contributed by atoms with E-state index in [-0.39, 0.29) is 37.1 Å². The summed E-state index contributed by atoms with van der Waals surface area (Å²) in [5, 5.41) is 5.48. The molecule has 2 heterocycles. The van der Waals surface area contributed by atoms with Crippen molar-refractivity contribution in [3.63, 3.8) is 0 Å². The number of benzene rings is 2. The second-order valence-electron chi connectivity index (χ2n) is 7.04. The molecule has 1 atom stereocenters. The summed E-state index contributed by atoms with van der Waals surface area (Å²) < 4.78 is 19.2. The van der Waals surface area contributed by atoms with Crippen LogP contribution in [0.25, 0.3) is 0 Å². The van der Waals surface area contributed by atoms with Crippen LogP contribution in [-0.2, 0) is 22.7 Å². The van der Waals surface area contributed by atoms with Gasteiger partial charge in [0.2, 0.25) is 11.8 Å². The number of nitrogens with one attached hydrogen (secondary N) is 2.